The fourth-order valence-electron chi connectivity index (χ4n) is 1.18. The predicted molar refractivity (Wildman–Crippen MR) is 49.2 cm³/mol. The lowest BCUT2D eigenvalue weighted by Gasteiger charge is -2.18. The Balaban J connectivity index is 3.30. The molecule has 8 heteroatoms. The van der Waals surface area contributed by atoms with Crippen LogP contribution in [0.2, 0.25) is 5.02 Å². The van der Waals surface area contributed by atoms with E-state index in [1.807, 2.05) is 0 Å². The SMILES string of the molecule is O=C([O-])C(C(=O)[O-])C(=O)c1ccc(F)c(Cl)c1F. The predicted octanol–water partition coefficient (Wildman–Crippen LogP) is -1.08. The van der Waals surface area contributed by atoms with Gasteiger partial charge in [0.1, 0.15) is 16.8 Å². The van der Waals surface area contributed by atoms with E-state index in [1.54, 1.807) is 0 Å². The van der Waals surface area contributed by atoms with Gasteiger partial charge in [0.25, 0.3) is 0 Å². The first-order chi connectivity index (χ1) is 8.27. The third kappa shape index (κ3) is 2.45. The zero-order valence-corrected chi connectivity index (χ0v) is 9.16. The Hall–Kier alpha value is -2.02. The zero-order chi connectivity index (χ0) is 14.0. The molecule has 1 aromatic carbocycles. The van der Waals surface area contributed by atoms with Crippen LogP contribution in [0.4, 0.5) is 8.78 Å². The third-order valence-electron chi connectivity index (χ3n) is 2.03. The van der Waals surface area contributed by atoms with Crippen LogP contribution in [0.15, 0.2) is 12.1 Å². The molecule has 0 unspecified atom stereocenters. The zero-order valence-electron chi connectivity index (χ0n) is 8.41. The first-order valence-corrected chi connectivity index (χ1v) is 4.74. The van der Waals surface area contributed by atoms with E-state index in [0.717, 1.165) is 0 Å². The van der Waals surface area contributed by atoms with E-state index in [0.29, 0.717) is 12.1 Å². The number of hydrogen-bond donors (Lipinski definition) is 0. The van der Waals surface area contributed by atoms with Crippen molar-refractivity contribution in [3.05, 3.63) is 34.4 Å². The van der Waals surface area contributed by atoms with E-state index in [2.05, 4.69) is 0 Å². The van der Waals surface area contributed by atoms with Crippen LogP contribution in [0.5, 0.6) is 0 Å². The summed E-state index contributed by atoms with van der Waals surface area (Å²) in [6.45, 7) is 0. The quantitative estimate of drug-likeness (QED) is 0.396. The van der Waals surface area contributed by atoms with Crippen molar-refractivity contribution in [2.24, 2.45) is 5.92 Å². The number of hydrogen-bond acceptors (Lipinski definition) is 5. The van der Waals surface area contributed by atoms with Crippen molar-refractivity contribution in [2.45, 2.75) is 0 Å². The second kappa shape index (κ2) is 5.09. The van der Waals surface area contributed by atoms with E-state index < -0.39 is 45.9 Å². The van der Waals surface area contributed by atoms with Crippen LogP contribution in [0.25, 0.3) is 0 Å². The van der Waals surface area contributed by atoms with Crippen molar-refractivity contribution < 1.29 is 33.4 Å². The molecule has 0 bridgehead atoms. The summed E-state index contributed by atoms with van der Waals surface area (Å²) in [5.74, 6) is -11.6. The van der Waals surface area contributed by atoms with Crippen molar-refractivity contribution in [3.63, 3.8) is 0 Å². The Morgan fingerprint density at radius 1 is 1.11 bits per heavy atom. The highest BCUT2D eigenvalue weighted by atomic mass is 35.5. The van der Waals surface area contributed by atoms with E-state index in [9.17, 15) is 33.4 Å². The molecule has 0 amide bonds. The van der Waals surface area contributed by atoms with Gasteiger partial charge in [0.15, 0.2) is 11.6 Å². The van der Waals surface area contributed by atoms with Gasteiger partial charge in [-0.2, -0.15) is 0 Å². The Bertz CT molecular complexity index is 529. The summed E-state index contributed by atoms with van der Waals surface area (Å²) >= 11 is 5.16. The van der Waals surface area contributed by atoms with Gasteiger partial charge < -0.3 is 19.8 Å². The molecule has 96 valence electrons. The molecule has 0 aliphatic rings. The van der Waals surface area contributed by atoms with Crippen molar-refractivity contribution in [1.82, 2.24) is 0 Å². The topological polar surface area (TPSA) is 97.3 Å². The number of carbonyl (C=O) groups excluding carboxylic acids is 3. The normalized spacial score (nSPS) is 10.4. The molecule has 0 saturated heterocycles. The van der Waals surface area contributed by atoms with Crippen molar-refractivity contribution in [3.8, 4) is 0 Å². The largest absolute Gasteiger partial charge is 0.549 e. The van der Waals surface area contributed by atoms with Gasteiger partial charge in [0, 0.05) is 0 Å². The summed E-state index contributed by atoms with van der Waals surface area (Å²) in [5, 5.41) is 19.8. The Kier molecular flexibility index (Phi) is 3.97. The smallest absolute Gasteiger partial charge is 0.180 e. The van der Waals surface area contributed by atoms with Crippen molar-refractivity contribution >= 4 is 29.3 Å². The number of benzene rings is 1. The summed E-state index contributed by atoms with van der Waals surface area (Å²) in [6.07, 6.45) is 0. The Morgan fingerprint density at radius 3 is 2.06 bits per heavy atom. The molecule has 0 radical (unpaired) electrons. The maximum Gasteiger partial charge on any atom is 0.180 e. The lowest BCUT2D eigenvalue weighted by atomic mass is 9.97. The molecule has 0 atom stereocenters. The first-order valence-electron chi connectivity index (χ1n) is 4.36. The highest BCUT2D eigenvalue weighted by molar-refractivity contribution is 6.31. The minimum Gasteiger partial charge on any atom is -0.549 e. The minimum atomic E-state index is -2.69. The highest BCUT2D eigenvalue weighted by Crippen LogP contribution is 2.23. The summed E-state index contributed by atoms with van der Waals surface area (Å²) in [7, 11) is 0. The lowest BCUT2D eigenvalue weighted by molar-refractivity contribution is -0.328. The van der Waals surface area contributed by atoms with Crippen LogP contribution in [0, 0.1) is 17.6 Å². The van der Waals surface area contributed by atoms with E-state index >= 15 is 0 Å². The molecule has 0 saturated carbocycles. The number of aliphatic carboxylic acids is 2. The van der Waals surface area contributed by atoms with Gasteiger partial charge in [-0.25, -0.2) is 8.78 Å². The number of carboxylic acid groups (broad SMARTS) is 2. The number of carbonyl (C=O) groups is 3. The van der Waals surface area contributed by atoms with Crippen LogP contribution >= 0.6 is 11.6 Å². The minimum absolute atomic E-state index is 0.581. The van der Waals surface area contributed by atoms with Gasteiger partial charge in [-0.1, -0.05) is 11.6 Å². The Labute approximate surface area is 104 Å². The second-order valence-corrected chi connectivity index (χ2v) is 3.54. The standard InChI is InChI=1S/C10H5ClF2O5/c11-6-4(12)2-1-3(7(6)13)8(14)5(9(15)16)10(17)18/h1-2,5H,(H,15,16)(H,17,18)/p-2. The van der Waals surface area contributed by atoms with Gasteiger partial charge in [0.2, 0.25) is 0 Å². The molecular formula is C10H3ClF2O5-2. The molecule has 0 fully saturated rings. The lowest BCUT2D eigenvalue weighted by Crippen LogP contribution is -2.47. The highest BCUT2D eigenvalue weighted by Gasteiger charge is 2.27. The van der Waals surface area contributed by atoms with E-state index in [4.69, 9.17) is 11.6 Å². The molecule has 18 heavy (non-hydrogen) atoms. The van der Waals surface area contributed by atoms with E-state index in [-0.39, 0.29) is 0 Å². The van der Waals surface area contributed by atoms with Crippen LogP contribution in [0.3, 0.4) is 0 Å². The summed E-state index contributed by atoms with van der Waals surface area (Å²) in [6, 6.07) is 1.18. The van der Waals surface area contributed by atoms with Crippen LogP contribution in [0.1, 0.15) is 10.4 Å². The molecule has 1 rings (SSSR count). The molecule has 0 heterocycles. The summed E-state index contributed by atoms with van der Waals surface area (Å²) in [4.78, 5) is 32.3. The summed E-state index contributed by atoms with van der Waals surface area (Å²) in [5.41, 5.74) is -0.972. The second-order valence-electron chi connectivity index (χ2n) is 3.16. The molecule has 0 aliphatic heterocycles. The Morgan fingerprint density at radius 2 is 1.61 bits per heavy atom. The first kappa shape index (κ1) is 14.0. The number of rotatable bonds is 4. The fraction of sp³-hybridized carbons (Fsp3) is 0.100. The third-order valence-corrected chi connectivity index (χ3v) is 2.38. The number of Topliss-reactive ketones (excluding diaryl/α,β-unsaturated/α-hetero) is 1. The van der Waals surface area contributed by atoms with Gasteiger partial charge in [-0.15, -0.1) is 0 Å². The maximum absolute atomic E-state index is 13.4. The number of ketones is 1. The van der Waals surface area contributed by atoms with Gasteiger partial charge in [-0.3, -0.25) is 4.79 Å². The van der Waals surface area contributed by atoms with Gasteiger partial charge in [0.05, 0.1) is 17.5 Å². The molecule has 0 spiro atoms. The molecule has 0 aliphatic carbocycles. The monoisotopic (exact) mass is 276 g/mol. The van der Waals surface area contributed by atoms with E-state index in [1.165, 1.54) is 0 Å². The van der Waals surface area contributed by atoms with Gasteiger partial charge in [-0.05, 0) is 12.1 Å². The van der Waals surface area contributed by atoms with Gasteiger partial charge >= 0.3 is 0 Å². The molecular weight excluding hydrogens is 274 g/mol. The molecule has 0 N–H and O–H groups in total. The maximum atomic E-state index is 13.4. The van der Waals surface area contributed by atoms with Crippen LogP contribution in [-0.4, -0.2) is 17.7 Å². The number of halogens is 3. The van der Waals surface area contributed by atoms with Crippen molar-refractivity contribution in [2.75, 3.05) is 0 Å². The molecule has 5 nitrogen and oxygen atoms in total. The summed E-state index contributed by atoms with van der Waals surface area (Å²) < 4.78 is 26.2. The van der Waals surface area contributed by atoms with Crippen molar-refractivity contribution in [1.29, 1.82) is 0 Å². The van der Waals surface area contributed by atoms with Crippen LogP contribution in [-0.2, 0) is 9.59 Å². The fourth-order valence-corrected chi connectivity index (χ4v) is 1.35. The van der Waals surface area contributed by atoms with Crippen LogP contribution < -0.4 is 10.2 Å². The molecule has 0 aromatic heterocycles. The molecule has 1 aromatic rings. The number of carboxylic acids is 2. The average molecular weight is 277 g/mol. The average Bonchev–Trinajstić information content (AvgIpc) is 2.24.